The molecular weight excluding hydrogens is 268 g/mol. The van der Waals surface area contributed by atoms with E-state index in [9.17, 15) is 9.59 Å². The Bertz CT molecular complexity index is 524. The first kappa shape index (κ1) is 15.5. The molecule has 0 aromatic carbocycles. The van der Waals surface area contributed by atoms with E-state index in [1.165, 1.54) is 0 Å². The number of nitrogens with zero attached hydrogens (tertiary/aromatic N) is 3. The fourth-order valence-corrected chi connectivity index (χ4v) is 2.58. The van der Waals surface area contributed by atoms with E-state index in [1.54, 1.807) is 38.2 Å². The van der Waals surface area contributed by atoms with E-state index in [0.29, 0.717) is 13.0 Å². The van der Waals surface area contributed by atoms with E-state index >= 15 is 0 Å². The number of amides is 2. The zero-order valence-corrected chi connectivity index (χ0v) is 13.2. The minimum Gasteiger partial charge on any atom is -0.340 e. The fourth-order valence-electron chi connectivity index (χ4n) is 2.58. The standard InChI is InChI=1S/C15H24N4O2/c1-5-15(4)13(21)19(14(2,3)12(20)17-15)9-6-8-18-10-7-16-11-18/h7,10-11H,5-6,8-9H2,1-4H3,(H,17,20). The number of nitrogens with one attached hydrogen (secondary N) is 1. The van der Waals surface area contributed by atoms with Crippen LogP contribution in [0.4, 0.5) is 0 Å². The average molecular weight is 292 g/mol. The van der Waals surface area contributed by atoms with Crippen LogP contribution in [-0.2, 0) is 16.1 Å². The number of hydrogen-bond donors (Lipinski definition) is 1. The van der Waals surface area contributed by atoms with E-state index in [0.717, 1.165) is 13.0 Å². The van der Waals surface area contributed by atoms with Crippen molar-refractivity contribution in [2.75, 3.05) is 6.54 Å². The van der Waals surface area contributed by atoms with Crippen molar-refractivity contribution in [3.63, 3.8) is 0 Å². The van der Waals surface area contributed by atoms with E-state index in [-0.39, 0.29) is 11.8 Å². The zero-order valence-electron chi connectivity index (χ0n) is 13.2. The molecule has 116 valence electrons. The Labute approximate surface area is 125 Å². The zero-order chi connectivity index (χ0) is 15.7. The van der Waals surface area contributed by atoms with Gasteiger partial charge < -0.3 is 14.8 Å². The molecule has 1 aliphatic heterocycles. The number of aromatic nitrogens is 2. The third-order valence-electron chi connectivity index (χ3n) is 4.40. The molecule has 1 fully saturated rings. The summed E-state index contributed by atoms with van der Waals surface area (Å²) >= 11 is 0. The second kappa shape index (κ2) is 5.50. The summed E-state index contributed by atoms with van der Waals surface area (Å²) in [7, 11) is 0. The number of hydrogen-bond acceptors (Lipinski definition) is 3. The van der Waals surface area contributed by atoms with Gasteiger partial charge in [0.1, 0.15) is 11.1 Å². The van der Waals surface area contributed by atoms with Crippen molar-refractivity contribution in [1.82, 2.24) is 19.8 Å². The summed E-state index contributed by atoms with van der Waals surface area (Å²) in [5, 5.41) is 2.87. The van der Waals surface area contributed by atoms with Gasteiger partial charge in [0.15, 0.2) is 0 Å². The lowest BCUT2D eigenvalue weighted by Gasteiger charge is -2.48. The molecule has 1 saturated heterocycles. The highest BCUT2D eigenvalue weighted by atomic mass is 16.2. The van der Waals surface area contributed by atoms with Gasteiger partial charge in [0, 0.05) is 25.5 Å². The molecular formula is C15H24N4O2. The molecule has 2 heterocycles. The maximum atomic E-state index is 12.7. The van der Waals surface area contributed by atoms with Gasteiger partial charge in [-0.1, -0.05) is 6.92 Å². The van der Waals surface area contributed by atoms with E-state index in [4.69, 9.17) is 0 Å². The molecule has 1 N–H and O–H groups in total. The molecule has 1 aromatic rings. The molecule has 0 radical (unpaired) electrons. The maximum absolute atomic E-state index is 12.7. The number of piperazine rings is 1. The Kier molecular flexibility index (Phi) is 4.07. The van der Waals surface area contributed by atoms with Crippen LogP contribution in [0.25, 0.3) is 0 Å². The molecule has 6 nitrogen and oxygen atoms in total. The first-order chi connectivity index (χ1) is 9.81. The van der Waals surface area contributed by atoms with Crippen molar-refractivity contribution in [3.8, 4) is 0 Å². The van der Waals surface area contributed by atoms with Crippen LogP contribution in [0.3, 0.4) is 0 Å². The molecule has 6 heteroatoms. The van der Waals surface area contributed by atoms with Crippen LogP contribution in [0.2, 0.25) is 0 Å². The number of carbonyl (C=O) groups excluding carboxylic acids is 2. The molecule has 2 amide bonds. The van der Waals surface area contributed by atoms with Crippen molar-refractivity contribution in [3.05, 3.63) is 18.7 Å². The van der Waals surface area contributed by atoms with E-state index in [2.05, 4.69) is 10.3 Å². The molecule has 2 rings (SSSR count). The molecule has 0 saturated carbocycles. The van der Waals surface area contributed by atoms with Gasteiger partial charge in [-0.05, 0) is 33.6 Å². The topological polar surface area (TPSA) is 67.2 Å². The first-order valence-electron chi connectivity index (χ1n) is 7.41. The van der Waals surface area contributed by atoms with Gasteiger partial charge in [-0.25, -0.2) is 4.98 Å². The van der Waals surface area contributed by atoms with Crippen molar-refractivity contribution in [2.24, 2.45) is 0 Å². The first-order valence-corrected chi connectivity index (χ1v) is 7.41. The van der Waals surface area contributed by atoms with Crippen LogP contribution in [0.15, 0.2) is 18.7 Å². The van der Waals surface area contributed by atoms with Crippen LogP contribution < -0.4 is 5.32 Å². The average Bonchev–Trinajstić information content (AvgIpc) is 2.94. The highest BCUT2D eigenvalue weighted by Crippen LogP contribution is 2.28. The number of imidazole rings is 1. The second-order valence-corrected chi connectivity index (χ2v) is 6.31. The number of rotatable bonds is 5. The summed E-state index contributed by atoms with van der Waals surface area (Å²) in [6, 6.07) is 0. The minimum absolute atomic E-state index is 0.000214. The minimum atomic E-state index is -0.805. The molecule has 1 aliphatic rings. The molecule has 1 aromatic heterocycles. The van der Waals surface area contributed by atoms with Crippen molar-refractivity contribution >= 4 is 11.8 Å². The Morgan fingerprint density at radius 1 is 1.24 bits per heavy atom. The fraction of sp³-hybridized carbons (Fsp3) is 0.667. The quantitative estimate of drug-likeness (QED) is 0.886. The third-order valence-corrected chi connectivity index (χ3v) is 4.40. The van der Waals surface area contributed by atoms with Gasteiger partial charge in [0.05, 0.1) is 6.33 Å². The maximum Gasteiger partial charge on any atom is 0.248 e. The van der Waals surface area contributed by atoms with Gasteiger partial charge in [-0.3, -0.25) is 9.59 Å². The molecule has 0 spiro atoms. The molecule has 0 bridgehead atoms. The van der Waals surface area contributed by atoms with Crippen LogP contribution in [0, 0.1) is 0 Å². The molecule has 21 heavy (non-hydrogen) atoms. The molecule has 0 aliphatic carbocycles. The van der Waals surface area contributed by atoms with Crippen molar-refractivity contribution in [1.29, 1.82) is 0 Å². The van der Waals surface area contributed by atoms with Crippen LogP contribution >= 0.6 is 0 Å². The van der Waals surface area contributed by atoms with E-state index < -0.39 is 11.1 Å². The lowest BCUT2D eigenvalue weighted by Crippen LogP contribution is -2.73. The van der Waals surface area contributed by atoms with Crippen molar-refractivity contribution < 1.29 is 9.59 Å². The van der Waals surface area contributed by atoms with Crippen LogP contribution in [0.1, 0.15) is 40.5 Å². The highest BCUT2D eigenvalue weighted by molar-refractivity contribution is 6.01. The predicted molar refractivity (Wildman–Crippen MR) is 79.5 cm³/mol. The van der Waals surface area contributed by atoms with E-state index in [1.807, 2.05) is 17.7 Å². The van der Waals surface area contributed by atoms with Crippen LogP contribution in [-0.4, -0.2) is 43.9 Å². The number of carbonyl (C=O) groups is 2. The lowest BCUT2D eigenvalue weighted by molar-refractivity contribution is -0.160. The van der Waals surface area contributed by atoms with Crippen LogP contribution in [0.5, 0.6) is 0 Å². The lowest BCUT2D eigenvalue weighted by atomic mass is 9.86. The molecule has 1 unspecified atom stereocenters. The summed E-state index contributed by atoms with van der Waals surface area (Å²) in [5.74, 6) is -0.0886. The monoisotopic (exact) mass is 292 g/mol. The van der Waals surface area contributed by atoms with Gasteiger partial charge in [0.2, 0.25) is 11.8 Å². The van der Waals surface area contributed by atoms with Gasteiger partial charge in [0.25, 0.3) is 0 Å². The summed E-state index contributed by atoms with van der Waals surface area (Å²) in [6.07, 6.45) is 6.76. The summed E-state index contributed by atoms with van der Waals surface area (Å²) < 4.78 is 1.97. The molecule has 1 atom stereocenters. The second-order valence-electron chi connectivity index (χ2n) is 6.31. The predicted octanol–water partition coefficient (Wildman–Crippen LogP) is 1.18. The summed E-state index contributed by atoms with van der Waals surface area (Å²) in [6.45, 7) is 8.65. The summed E-state index contributed by atoms with van der Waals surface area (Å²) in [5.41, 5.74) is -1.59. The van der Waals surface area contributed by atoms with Crippen molar-refractivity contribution in [2.45, 2.75) is 58.2 Å². The Hall–Kier alpha value is -1.85. The third kappa shape index (κ3) is 2.80. The highest BCUT2D eigenvalue weighted by Gasteiger charge is 2.50. The van der Waals surface area contributed by atoms with Gasteiger partial charge in [-0.2, -0.15) is 0 Å². The SMILES string of the molecule is CCC1(C)NC(=O)C(C)(C)N(CCCn2ccnc2)C1=O. The largest absolute Gasteiger partial charge is 0.340 e. The Morgan fingerprint density at radius 2 is 1.95 bits per heavy atom. The number of aryl methyl sites for hydroxylation is 1. The normalized spacial score (nSPS) is 25.0. The Morgan fingerprint density at radius 3 is 2.52 bits per heavy atom. The smallest absolute Gasteiger partial charge is 0.248 e. The van der Waals surface area contributed by atoms with Gasteiger partial charge in [-0.15, -0.1) is 0 Å². The van der Waals surface area contributed by atoms with Gasteiger partial charge >= 0.3 is 0 Å². The Balaban J connectivity index is 2.09. The summed E-state index contributed by atoms with van der Waals surface area (Å²) in [4.78, 5) is 30.8.